The predicted octanol–water partition coefficient (Wildman–Crippen LogP) is 0.861. The zero-order valence-electron chi connectivity index (χ0n) is 11.4. The summed E-state index contributed by atoms with van der Waals surface area (Å²) in [5, 5.41) is 9.49. The Balaban J connectivity index is 2.28. The lowest BCUT2D eigenvalue weighted by Gasteiger charge is -2.27. The third kappa shape index (κ3) is 2.89. The Labute approximate surface area is 119 Å². The number of benzene rings is 1. The highest BCUT2D eigenvalue weighted by Gasteiger charge is 2.37. The SMILES string of the molecule is COc1ccc(S(=O)(=O)NC2(CO)CCCC2)cc1N. The van der Waals surface area contributed by atoms with Crippen molar-refractivity contribution in [3.05, 3.63) is 18.2 Å². The van der Waals surface area contributed by atoms with Crippen LogP contribution >= 0.6 is 0 Å². The monoisotopic (exact) mass is 300 g/mol. The number of aliphatic hydroxyl groups excluding tert-OH is 1. The van der Waals surface area contributed by atoms with Gasteiger partial charge in [0.1, 0.15) is 5.75 Å². The molecule has 0 unspecified atom stereocenters. The van der Waals surface area contributed by atoms with Gasteiger partial charge >= 0.3 is 0 Å². The number of nitrogen functional groups attached to an aromatic ring is 1. The Hall–Kier alpha value is -1.31. The molecule has 0 heterocycles. The first-order chi connectivity index (χ1) is 9.42. The zero-order chi connectivity index (χ0) is 14.8. The molecule has 2 rings (SSSR count). The molecule has 1 aliphatic rings. The summed E-state index contributed by atoms with van der Waals surface area (Å²) in [5.74, 6) is 0.432. The lowest BCUT2D eigenvalue weighted by molar-refractivity contribution is 0.185. The van der Waals surface area contributed by atoms with Crippen LogP contribution in [0.5, 0.6) is 5.75 Å². The molecule has 6 nitrogen and oxygen atoms in total. The van der Waals surface area contributed by atoms with Crippen LogP contribution in [0.4, 0.5) is 5.69 Å². The molecule has 0 radical (unpaired) electrons. The van der Waals surface area contributed by atoms with E-state index in [0.717, 1.165) is 12.8 Å². The normalized spacial score (nSPS) is 18.1. The van der Waals surface area contributed by atoms with Crippen LogP contribution in [-0.2, 0) is 10.0 Å². The molecule has 1 aliphatic carbocycles. The van der Waals surface area contributed by atoms with Gasteiger partial charge in [-0.25, -0.2) is 13.1 Å². The van der Waals surface area contributed by atoms with Gasteiger partial charge in [-0.05, 0) is 31.0 Å². The second kappa shape index (κ2) is 5.59. The third-order valence-corrected chi connectivity index (χ3v) is 5.30. The van der Waals surface area contributed by atoms with Crippen LogP contribution in [0, 0.1) is 0 Å². The van der Waals surface area contributed by atoms with Gasteiger partial charge in [-0.15, -0.1) is 0 Å². The summed E-state index contributed by atoms with van der Waals surface area (Å²) in [4.78, 5) is 0.0792. The first-order valence-electron chi connectivity index (χ1n) is 6.51. The van der Waals surface area contributed by atoms with E-state index in [2.05, 4.69) is 4.72 Å². The molecule has 1 aromatic rings. The molecule has 112 valence electrons. The maximum absolute atomic E-state index is 12.4. The van der Waals surface area contributed by atoms with Crippen molar-refractivity contribution in [2.24, 2.45) is 0 Å². The van der Waals surface area contributed by atoms with E-state index in [0.29, 0.717) is 18.6 Å². The Morgan fingerprint density at radius 1 is 1.40 bits per heavy atom. The molecule has 4 N–H and O–H groups in total. The van der Waals surface area contributed by atoms with Crippen molar-refractivity contribution in [3.63, 3.8) is 0 Å². The number of sulfonamides is 1. The van der Waals surface area contributed by atoms with Crippen molar-refractivity contribution in [3.8, 4) is 5.75 Å². The second-order valence-corrected chi connectivity index (χ2v) is 6.84. The maximum atomic E-state index is 12.4. The Morgan fingerprint density at radius 2 is 2.05 bits per heavy atom. The van der Waals surface area contributed by atoms with Gasteiger partial charge in [-0.2, -0.15) is 0 Å². The number of hydrogen-bond acceptors (Lipinski definition) is 5. The van der Waals surface area contributed by atoms with E-state index < -0.39 is 15.6 Å². The number of hydrogen-bond donors (Lipinski definition) is 3. The van der Waals surface area contributed by atoms with Crippen molar-refractivity contribution < 1.29 is 18.3 Å². The fourth-order valence-electron chi connectivity index (χ4n) is 2.57. The first-order valence-corrected chi connectivity index (χ1v) is 7.99. The van der Waals surface area contributed by atoms with Gasteiger partial charge in [0.15, 0.2) is 0 Å². The summed E-state index contributed by atoms with van der Waals surface area (Å²) >= 11 is 0. The number of aliphatic hydroxyl groups is 1. The van der Waals surface area contributed by atoms with Crippen molar-refractivity contribution in [2.45, 2.75) is 36.1 Å². The van der Waals surface area contributed by atoms with Gasteiger partial charge < -0.3 is 15.6 Å². The van der Waals surface area contributed by atoms with Crippen LogP contribution in [0.2, 0.25) is 0 Å². The molecular formula is C13H20N2O4S. The third-order valence-electron chi connectivity index (χ3n) is 3.73. The molecule has 7 heteroatoms. The zero-order valence-corrected chi connectivity index (χ0v) is 12.2. The summed E-state index contributed by atoms with van der Waals surface area (Å²) in [5.41, 5.74) is 5.26. The van der Waals surface area contributed by atoms with E-state index >= 15 is 0 Å². The molecule has 0 atom stereocenters. The minimum atomic E-state index is -3.71. The largest absolute Gasteiger partial charge is 0.495 e. The van der Waals surface area contributed by atoms with Gasteiger partial charge in [0, 0.05) is 0 Å². The highest BCUT2D eigenvalue weighted by atomic mass is 32.2. The van der Waals surface area contributed by atoms with Crippen LogP contribution in [-0.4, -0.2) is 32.8 Å². The summed E-state index contributed by atoms with van der Waals surface area (Å²) in [6.07, 6.45) is 3.12. The first kappa shape index (κ1) is 15.1. The molecule has 20 heavy (non-hydrogen) atoms. The van der Waals surface area contributed by atoms with Gasteiger partial charge in [0.25, 0.3) is 0 Å². The Morgan fingerprint density at radius 3 is 2.55 bits per heavy atom. The fourth-order valence-corrected chi connectivity index (χ4v) is 4.05. The van der Waals surface area contributed by atoms with E-state index in [9.17, 15) is 13.5 Å². The van der Waals surface area contributed by atoms with E-state index in [1.54, 1.807) is 0 Å². The second-order valence-electron chi connectivity index (χ2n) is 5.15. The number of rotatable bonds is 5. The molecular weight excluding hydrogens is 280 g/mol. The van der Waals surface area contributed by atoms with Crippen molar-refractivity contribution in [1.82, 2.24) is 4.72 Å². The molecule has 0 aliphatic heterocycles. The van der Waals surface area contributed by atoms with Gasteiger partial charge in [0.2, 0.25) is 10.0 Å². The van der Waals surface area contributed by atoms with Crippen LogP contribution in [0.3, 0.4) is 0 Å². The molecule has 0 aromatic heterocycles. The maximum Gasteiger partial charge on any atom is 0.241 e. The molecule has 0 saturated heterocycles. The standard InChI is InChI=1S/C13H20N2O4S/c1-19-12-5-4-10(8-11(12)14)20(17,18)15-13(9-16)6-2-3-7-13/h4-5,8,15-16H,2-3,6-7,9,14H2,1H3. The van der Waals surface area contributed by atoms with E-state index in [1.807, 2.05) is 0 Å². The Bertz CT molecular complexity index is 580. The lowest BCUT2D eigenvalue weighted by atomic mass is 10.0. The number of nitrogens with two attached hydrogens (primary N) is 1. The molecule has 1 aromatic carbocycles. The molecule has 1 fully saturated rings. The minimum absolute atomic E-state index is 0.0792. The van der Waals surface area contributed by atoms with Gasteiger partial charge in [0.05, 0.1) is 29.8 Å². The van der Waals surface area contributed by atoms with Crippen molar-refractivity contribution in [2.75, 3.05) is 19.5 Å². The number of anilines is 1. The molecule has 1 saturated carbocycles. The van der Waals surface area contributed by atoms with E-state index in [4.69, 9.17) is 10.5 Å². The van der Waals surface area contributed by atoms with E-state index in [1.165, 1.54) is 25.3 Å². The predicted molar refractivity (Wildman–Crippen MR) is 76.0 cm³/mol. The summed E-state index contributed by atoms with van der Waals surface area (Å²) in [6.45, 7) is -0.197. The lowest BCUT2D eigenvalue weighted by Crippen LogP contribution is -2.49. The summed E-state index contributed by atoms with van der Waals surface area (Å²) in [6, 6.07) is 4.32. The molecule has 0 amide bonds. The minimum Gasteiger partial charge on any atom is -0.495 e. The molecule has 0 bridgehead atoms. The highest BCUT2D eigenvalue weighted by molar-refractivity contribution is 7.89. The molecule has 0 spiro atoms. The van der Waals surface area contributed by atoms with E-state index in [-0.39, 0.29) is 17.2 Å². The van der Waals surface area contributed by atoms with Gasteiger partial charge in [-0.3, -0.25) is 0 Å². The topological polar surface area (TPSA) is 102 Å². The number of methoxy groups -OCH3 is 1. The summed E-state index contributed by atoms with van der Waals surface area (Å²) < 4.78 is 32.4. The Kier molecular flexibility index (Phi) is 4.22. The average Bonchev–Trinajstić information content (AvgIpc) is 2.87. The van der Waals surface area contributed by atoms with Crippen LogP contribution < -0.4 is 15.2 Å². The summed E-state index contributed by atoms with van der Waals surface area (Å²) in [7, 11) is -2.24. The highest BCUT2D eigenvalue weighted by Crippen LogP contribution is 2.32. The van der Waals surface area contributed by atoms with Crippen LogP contribution in [0.1, 0.15) is 25.7 Å². The fraction of sp³-hybridized carbons (Fsp3) is 0.538. The van der Waals surface area contributed by atoms with Crippen LogP contribution in [0.25, 0.3) is 0 Å². The number of nitrogens with one attached hydrogen (secondary N) is 1. The number of ether oxygens (including phenoxy) is 1. The van der Waals surface area contributed by atoms with Crippen molar-refractivity contribution >= 4 is 15.7 Å². The van der Waals surface area contributed by atoms with Crippen molar-refractivity contribution in [1.29, 1.82) is 0 Å². The van der Waals surface area contributed by atoms with Gasteiger partial charge in [-0.1, -0.05) is 12.8 Å². The average molecular weight is 300 g/mol. The quantitative estimate of drug-likeness (QED) is 0.700. The van der Waals surface area contributed by atoms with Crippen LogP contribution in [0.15, 0.2) is 23.1 Å². The smallest absolute Gasteiger partial charge is 0.241 e.